The number of hydrogen-bond acceptors (Lipinski definition) is 1. The van der Waals surface area contributed by atoms with E-state index in [1.807, 2.05) is 0 Å². The molecule has 0 aromatic carbocycles. The lowest BCUT2D eigenvalue weighted by Crippen LogP contribution is -2.09. The summed E-state index contributed by atoms with van der Waals surface area (Å²) in [4.78, 5) is 0. The highest BCUT2D eigenvalue weighted by molar-refractivity contribution is 4.60. The van der Waals surface area contributed by atoms with Gasteiger partial charge in [-0.1, -0.05) is 27.2 Å². The fraction of sp³-hybridized carbons (Fsp3) is 1.00. The Hall–Kier alpha value is -0.0400. The van der Waals surface area contributed by atoms with Gasteiger partial charge < -0.3 is 4.74 Å². The van der Waals surface area contributed by atoms with Gasteiger partial charge in [0.2, 0.25) is 0 Å². The van der Waals surface area contributed by atoms with E-state index in [9.17, 15) is 0 Å². The average molecular weight is 144 g/mol. The Morgan fingerprint density at radius 2 is 1.90 bits per heavy atom. The van der Waals surface area contributed by atoms with E-state index in [4.69, 9.17) is 4.74 Å². The van der Waals surface area contributed by atoms with Crippen LogP contribution in [0.2, 0.25) is 0 Å². The zero-order valence-electron chi connectivity index (χ0n) is 7.68. The monoisotopic (exact) mass is 144 g/mol. The van der Waals surface area contributed by atoms with Gasteiger partial charge in [-0.3, -0.25) is 0 Å². The molecule has 0 aromatic rings. The second-order valence-electron chi connectivity index (χ2n) is 3.19. The highest BCUT2D eigenvalue weighted by Gasteiger charge is 2.09. The van der Waals surface area contributed by atoms with E-state index in [1.54, 1.807) is 7.11 Å². The average Bonchev–Trinajstić information content (AvgIpc) is 1.89. The minimum absolute atomic E-state index is 0.806. The summed E-state index contributed by atoms with van der Waals surface area (Å²) >= 11 is 0. The van der Waals surface area contributed by atoms with Crippen molar-refractivity contribution in [1.29, 1.82) is 0 Å². The van der Waals surface area contributed by atoms with Crippen molar-refractivity contribution in [2.24, 2.45) is 11.8 Å². The number of ether oxygens (including phenoxy) is 1. The van der Waals surface area contributed by atoms with Crippen LogP contribution in [0.15, 0.2) is 0 Å². The van der Waals surface area contributed by atoms with Crippen LogP contribution in [0.1, 0.15) is 33.6 Å². The van der Waals surface area contributed by atoms with Crippen molar-refractivity contribution in [2.45, 2.75) is 33.6 Å². The molecule has 0 N–H and O–H groups in total. The lowest BCUT2D eigenvalue weighted by molar-refractivity contribution is 0.163. The first-order chi connectivity index (χ1) is 4.72. The SMILES string of the molecule is CCC(CCOC)C(C)C. The van der Waals surface area contributed by atoms with E-state index in [0.29, 0.717) is 0 Å². The van der Waals surface area contributed by atoms with Crippen molar-refractivity contribution in [2.75, 3.05) is 13.7 Å². The third-order valence-corrected chi connectivity index (χ3v) is 2.16. The first-order valence-electron chi connectivity index (χ1n) is 4.21. The second-order valence-corrected chi connectivity index (χ2v) is 3.19. The lowest BCUT2D eigenvalue weighted by atomic mass is 9.91. The molecule has 0 amide bonds. The maximum atomic E-state index is 5.02. The van der Waals surface area contributed by atoms with Crippen molar-refractivity contribution in [3.05, 3.63) is 0 Å². The highest BCUT2D eigenvalue weighted by atomic mass is 16.5. The molecule has 0 aliphatic heterocycles. The Morgan fingerprint density at radius 1 is 1.30 bits per heavy atom. The van der Waals surface area contributed by atoms with Gasteiger partial charge in [0.05, 0.1) is 0 Å². The molecular weight excluding hydrogens is 124 g/mol. The van der Waals surface area contributed by atoms with Gasteiger partial charge in [-0.05, 0) is 18.3 Å². The molecule has 62 valence electrons. The van der Waals surface area contributed by atoms with E-state index in [0.717, 1.165) is 18.4 Å². The maximum Gasteiger partial charge on any atom is 0.0465 e. The molecule has 0 radical (unpaired) electrons. The Balaban J connectivity index is 3.40. The fourth-order valence-electron chi connectivity index (χ4n) is 1.28. The van der Waals surface area contributed by atoms with Crippen LogP contribution in [-0.4, -0.2) is 13.7 Å². The van der Waals surface area contributed by atoms with Crippen molar-refractivity contribution in [1.82, 2.24) is 0 Å². The zero-order valence-corrected chi connectivity index (χ0v) is 7.68. The quantitative estimate of drug-likeness (QED) is 0.576. The van der Waals surface area contributed by atoms with Gasteiger partial charge in [0.1, 0.15) is 0 Å². The largest absolute Gasteiger partial charge is 0.385 e. The van der Waals surface area contributed by atoms with Crippen molar-refractivity contribution < 1.29 is 4.74 Å². The summed E-state index contributed by atoms with van der Waals surface area (Å²) in [5, 5.41) is 0. The van der Waals surface area contributed by atoms with Gasteiger partial charge >= 0.3 is 0 Å². The van der Waals surface area contributed by atoms with Gasteiger partial charge in [-0.25, -0.2) is 0 Å². The summed E-state index contributed by atoms with van der Waals surface area (Å²) < 4.78 is 5.02. The van der Waals surface area contributed by atoms with Crippen LogP contribution in [0.3, 0.4) is 0 Å². The van der Waals surface area contributed by atoms with Crippen LogP contribution in [0.5, 0.6) is 0 Å². The normalized spacial score (nSPS) is 14.1. The molecule has 0 bridgehead atoms. The molecule has 0 saturated carbocycles. The molecule has 0 rings (SSSR count). The molecule has 0 fully saturated rings. The maximum absolute atomic E-state index is 5.02. The summed E-state index contributed by atoms with van der Waals surface area (Å²) in [6.07, 6.45) is 2.49. The predicted molar refractivity (Wildman–Crippen MR) is 45.1 cm³/mol. The van der Waals surface area contributed by atoms with E-state index < -0.39 is 0 Å². The molecule has 10 heavy (non-hydrogen) atoms. The van der Waals surface area contributed by atoms with Crippen LogP contribution >= 0.6 is 0 Å². The molecule has 0 saturated heterocycles. The minimum atomic E-state index is 0.806. The minimum Gasteiger partial charge on any atom is -0.385 e. The van der Waals surface area contributed by atoms with Crippen molar-refractivity contribution in [3.63, 3.8) is 0 Å². The molecule has 1 atom stereocenters. The van der Waals surface area contributed by atoms with Gasteiger partial charge in [0, 0.05) is 13.7 Å². The molecule has 0 aromatic heterocycles. The molecule has 1 nitrogen and oxygen atoms in total. The highest BCUT2D eigenvalue weighted by Crippen LogP contribution is 2.18. The summed E-state index contributed by atoms with van der Waals surface area (Å²) in [5.74, 6) is 1.65. The van der Waals surface area contributed by atoms with Crippen LogP contribution in [0, 0.1) is 11.8 Å². The smallest absolute Gasteiger partial charge is 0.0465 e. The Kier molecular flexibility index (Phi) is 5.70. The lowest BCUT2D eigenvalue weighted by Gasteiger charge is -2.17. The van der Waals surface area contributed by atoms with Crippen LogP contribution in [0.4, 0.5) is 0 Å². The standard InChI is InChI=1S/C9H20O/c1-5-9(8(2)3)6-7-10-4/h8-9H,5-7H2,1-4H3. The third kappa shape index (κ3) is 3.89. The number of hydrogen-bond donors (Lipinski definition) is 0. The van der Waals surface area contributed by atoms with Crippen LogP contribution in [0.25, 0.3) is 0 Å². The van der Waals surface area contributed by atoms with Gasteiger partial charge in [-0.2, -0.15) is 0 Å². The van der Waals surface area contributed by atoms with Crippen molar-refractivity contribution >= 4 is 0 Å². The molecule has 0 spiro atoms. The summed E-state index contributed by atoms with van der Waals surface area (Å²) in [6, 6.07) is 0. The van der Waals surface area contributed by atoms with Crippen LogP contribution in [-0.2, 0) is 4.74 Å². The first kappa shape index (κ1) is 9.96. The molecule has 1 heteroatoms. The topological polar surface area (TPSA) is 9.23 Å². The van der Waals surface area contributed by atoms with Gasteiger partial charge in [0.15, 0.2) is 0 Å². The zero-order chi connectivity index (χ0) is 7.98. The second kappa shape index (κ2) is 5.72. The molecule has 0 heterocycles. The van der Waals surface area contributed by atoms with Gasteiger partial charge in [0.25, 0.3) is 0 Å². The fourth-order valence-corrected chi connectivity index (χ4v) is 1.28. The Bertz CT molecular complexity index is 69.1. The summed E-state index contributed by atoms with van der Waals surface area (Å²) in [6.45, 7) is 7.73. The van der Waals surface area contributed by atoms with E-state index >= 15 is 0 Å². The molecule has 0 aliphatic carbocycles. The summed E-state index contributed by atoms with van der Waals surface area (Å²) in [7, 11) is 1.77. The molecular formula is C9H20O. The van der Waals surface area contributed by atoms with E-state index in [1.165, 1.54) is 12.8 Å². The predicted octanol–water partition coefficient (Wildman–Crippen LogP) is 2.71. The third-order valence-electron chi connectivity index (χ3n) is 2.16. The van der Waals surface area contributed by atoms with Gasteiger partial charge in [-0.15, -0.1) is 0 Å². The Labute approximate surface area is 64.8 Å². The Morgan fingerprint density at radius 3 is 2.20 bits per heavy atom. The van der Waals surface area contributed by atoms with E-state index in [2.05, 4.69) is 20.8 Å². The number of methoxy groups -OCH3 is 1. The number of rotatable bonds is 5. The molecule has 1 unspecified atom stereocenters. The molecule has 0 aliphatic rings. The van der Waals surface area contributed by atoms with Crippen molar-refractivity contribution in [3.8, 4) is 0 Å². The summed E-state index contributed by atoms with van der Waals surface area (Å²) in [5.41, 5.74) is 0. The van der Waals surface area contributed by atoms with Crippen LogP contribution < -0.4 is 0 Å². The van der Waals surface area contributed by atoms with E-state index in [-0.39, 0.29) is 0 Å². The first-order valence-corrected chi connectivity index (χ1v) is 4.21.